The molecule has 5 heteroatoms. The Bertz CT molecular complexity index is 387. The van der Waals surface area contributed by atoms with Crippen molar-refractivity contribution in [3.05, 3.63) is 35.4 Å². The van der Waals surface area contributed by atoms with E-state index in [1.807, 2.05) is 13.8 Å². The van der Waals surface area contributed by atoms with E-state index in [-0.39, 0.29) is 11.8 Å². The largest absolute Gasteiger partial charge is 0.416 e. The van der Waals surface area contributed by atoms with Gasteiger partial charge in [-0.15, -0.1) is 0 Å². The second-order valence-corrected chi connectivity index (χ2v) is 5.11. The van der Waals surface area contributed by atoms with Gasteiger partial charge in [-0.05, 0) is 42.5 Å². The zero-order valence-corrected chi connectivity index (χ0v) is 11.1. The van der Waals surface area contributed by atoms with E-state index in [1.165, 1.54) is 12.1 Å². The van der Waals surface area contributed by atoms with Crippen molar-refractivity contribution in [2.45, 2.75) is 32.5 Å². The molecule has 0 bridgehead atoms. The molecule has 1 aromatic carbocycles. The van der Waals surface area contributed by atoms with Gasteiger partial charge in [0.25, 0.3) is 0 Å². The lowest BCUT2D eigenvalue weighted by molar-refractivity contribution is -0.137. The Morgan fingerprint density at radius 2 is 1.68 bits per heavy atom. The van der Waals surface area contributed by atoms with Crippen LogP contribution in [0.3, 0.4) is 0 Å². The number of aliphatic hydroxyl groups is 1. The van der Waals surface area contributed by atoms with Crippen LogP contribution >= 0.6 is 0 Å². The fourth-order valence-electron chi connectivity index (χ4n) is 2.10. The minimum absolute atomic E-state index is 0.0534. The van der Waals surface area contributed by atoms with Crippen LogP contribution in [-0.2, 0) is 12.6 Å². The van der Waals surface area contributed by atoms with Crippen molar-refractivity contribution in [3.63, 3.8) is 0 Å². The summed E-state index contributed by atoms with van der Waals surface area (Å²) < 4.78 is 37.2. The van der Waals surface area contributed by atoms with Crippen LogP contribution in [-0.4, -0.2) is 17.8 Å². The van der Waals surface area contributed by atoms with Gasteiger partial charge in [-0.1, -0.05) is 26.0 Å². The summed E-state index contributed by atoms with van der Waals surface area (Å²) >= 11 is 0. The van der Waals surface area contributed by atoms with Gasteiger partial charge in [0, 0.05) is 0 Å². The van der Waals surface area contributed by atoms with Crippen molar-refractivity contribution >= 4 is 0 Å². The second-order valence-electron chi connectivity index (χ2n) is 5.11. The van der Waals surface area contributed by atoms with Gasteiger partial charge in [-0.3, -0.25) is 0 Å². The number of benzene rings is 1. The molecule has 0 heterocycles. The van der Waals surface area contributed by atoms with Gasteiger partial charge in [0.05, 0.1) is 11.7 Å². The van der Waals surface area contributed by atoms with E-state index in [0.717, 1.165) is 12.1 Å². The maximum atomic E-state index is 12.4. The zero-order valence-electron chi connectivity index (χ0n) is 11.1. The average Bonchev–Trinajstić information content (AvgIpc) is 2.28. The third-order valence-electron chi connectivity index (χ3n) is 3.35. The molecule has 108 valence electrons. The van der Waals surface area contributed by atoms with Gasteiger partial charge >= 0.3 is 6.18 Å². The zero-order chi connectivity index (χ0) is 14.6. The highest BCUT2D eigenvalue weighted by Gasteiger charge is 2.30. The third-order valence-corrected chi connectivity index (χ3v) is 3.35. The van der Waals surface area contributed by atoms with Crippen molar-refractivity contribution in [3.8, 4) is 0 Å². The van der Waals surface area contributed by atoms with Gasteiger partial charge in [0.2, 0.25) is 0 Å². The smallest absolute Gasteiger partial charge is 0.392 e. The molecule has 0 saturated carbocycles. The molecule has 0 saturated heterocycles. The predicted octanol–water partition coefficient (Wildman–Crippen LogP) is 2.84. The lowest BCUT2D eigenvalue weighted by atomic mass is 9.87. The molecule has 0 radical (unpaired) electrons. The van der Waals surface area contributed by atoms with E-state index in [0.29, 0.717) is 18.5 Å². The Balaban J connectivity index is 2.73. The Morgan fingerprint density at radius 3 is 2.05 bits per heavy atom. The van der Waals surface area contributed by atoms with E-state index in [4.69, 9.17) is 5.73 Å². The van der Waals surface area contributed by atoms with Crippen LogP contribution in [0.1, 0.15) is 25.0 Å². The molecular weight excluding hydrogens is 255 g/mol. The van der Waals surface area contributed by atoms with Crippen molar-refractivity contribution in [2.24, 2.45) is 17.6 Å². The molecule has 2 atom stereocenters. The molecule has 0 amide bonds. The molecule has 19 heavy (non-hydrogen) atoms. The molecule has 2 unspecified atom stereocenters. The summed E-state index contributed by atoms with van der Waals surface area (Å²) in [6.45, 7) is 4.29. The van der Waals surface area contributed by atoms with Crippen molar-refractivity contribution in [1.82, 2.24) is 0 Å². The van der Waals surface area contributed by atoms with Gasteiger partial charge in [-0.2, -0.15) is 13.2 Å². The van der Waals surface area contributed by atoms with E-state index >= 15 is 0 Å². The monoisotopic (exact) mass is 275 g/mol. The van der Waals surface area contributed by atoms with E-state index in [2.05, 4.69) is 0 Å². The lowest BCUT2D eigenvalue weighted by Gasteiger charge is -2.25. The topological polar surface area (TPSA) is 46.2 Å². The Hall–Kier alpha value is -1.07. The van der Waals surface area contributed by atoms with Gasteiger partial charge in [0.1, 0.15) is 0 Å². The second kappa shape index (κ2) is 6.39. The molecule has 3 N–H and O–H groups in total. The number of hydrogen-bond donors (Lipinski definition) is 2. The highest BCUT2D eigenvalue weighted by Crippen LogP contribution is 2.29. The first-order chi connectivity index (χ1) is 8.75. The molecule has 2 nitrogen and oxygen atoms in total. The summed E-state index contributed by atoms with van der Waals surface area (Å²) in [6.07, 6.45) is -4.64. The first-order valence-electron chi connectivity index (χ1n) is 6.30. The minimum Gasteiger partial charge on any atom is -0.392 e. The highest BCUT2D eigenvalue weighted by atomic mass is 19.4. The van der Waals surface area contributed by atoms with Crippen LogP contribution in [0.2, 0.25) is 0 Å². The first kappa shape index (κ1) is 16.0. The van der Waals surface area contributed by atoms with Gasteiger partial charge in [0.15, 0.2) is 0 Å². The number of rotatable bonds is 5. The van der Waals surface area contributed by atoms with Crippen LogP contribution in [0.25, 0.3) is 0 Å². The molecule has 0 aliphatic heterocycles. The summed E-state index contributed by atoms with van der Waals surface area (Å²) in [5.74, 6) is 0.178. The SMILES string of the molecule is CC(C)C(CN)C(O)Cc1ccc(C(F)(F)F)cc1. The summed E-state index contributed by atoms with van der Waals surface area (Å²) in [5.41, 5.74) is 5.60. The predicted molar refractivity (Wildman–Crippen MR) is 68.5 cm³/mol. The number of alkyl halides is 3. The maximum Gasteiger partial charge on any atom is 0.416 e. The summed E-state index contributed by atoms with van der Waals surface area (Å²) in [7, 11) is 0. The number of aliphatic hydroxyl groups excluding tert-OH is 1. The third kappa shape index (κ3) is 4.51. The van der Waals surface area contributed by atoms with Gasteiger partial charge in [-0.25, -0.2) is 0 Å². The fraction of sp³-hybridized carbons (Fsp3) is 0.571. The van der Waals surface area contributed by atoms with E-state index in [9.17, 15) is 18.3 Å². The van der Waals surface area contributed by atoms with E-state index < -0.39 is 17.8 Å². The fourth-order valence-corrected chi connectivity index (χ4v) is 2.10. The quantitative estimate of drug-likeness (QED) is 0.868. The van der Waals surface area contributed by atoms with Crippen LogP contribution in [0.15, 0.2) is 24.3 Å². The maximum absolute atomic E-state index is 12.4. The molecule has 0 aromatic heterocycles. The summed E-state index contributed by atoms with van der Waals surface area (Å²) in [4.78, 5) is 0. The number of nitrogens with two attached hydrogens (primary N) is 1. The standard InChI is InChI=1S/C14H20F3NO/c1-9(2)12(8-18)13(19)7-10-3-5-11(6-4-10)14(15,16)17/h3-6,9,12-13,19H,7-8,18H2,1-2H3. The lowest BCUT2D eigenvalue weighted by Crippen LogP contribution is -2.33. The summed E-state index contributed by atoms with van der Waals surface area (Å²) in [6, 6.07) is 4.88. The van der Waals surface area contributed by atoms with E-state index in [1.54, 1.807) is 0 Å². The molecule has 0 spiro atoms. The Kier molecular flexibility index (Phi) is 5.38. The number of halogens is 3. The highest BCUT2D eigenvalue weighted by molar-refractivity contribution is 5.25. The number of hydrogen-bond acceptors (Lipinski definition) is 2. The molecule has 1 rings (SSSR count). The van der Waals surface area contributed by atoms with Crippen molar-refractivity contribution in [1.29, 1.82) is 0 Å². The summed E-state index contributed by atoms with van der Waals surface area (Å²) in [5, 5.41) is 10.1. The first-order valence-corrected chi connectivity index (χ1v) is 6.30. The van der Waals surface area contributed by atoms with Crippen LogP contribution in [0.5, 0.6) is 0 Å². The normalized spacial score (nSPS) is 15.6. The minimum atomic E-state index is -4.32. The Morgan fingerprint density at radius 1 is 1.16 bits per heavy atom. The van der Waals surface area contributed by atoms with Gasteiger partial charge < -0.3 is 10.8 Å². The van der Waals surface area contributed by atoms with Crippen LogP contribution < -0.4 is 5.73 Å². The molecule has 0 fully saturated rings. The van der Waals surface area contributed by atoms with Crippen molar-refractivity contribution in [2.75, 3.05) is 6.54 Å². The molecular formula is C14H20F3NO. The average molecular weight is 275 g/mol. The van der Waals surface area contributed by atoms with Crippen molar-refractivity contribution < 1.29 is 18.3 Å². The van der Waals surface area contributed by atoms with Crippen LogP contribution in [0.4, 0.5) is 13.2 Å². The molecule has 0 aliphatic rings. The Labute approximate surface area is 111 Å². The molecule has 1 aromatic rings. The molecule has 0 aliphatic carbocycles. The van der Waals surface area contributed by atoms with Crippen LogP contribution in [0, 0.1) is 11.8 Å².